The van der Waals surface area contributed by atoms with E-state index in [0.29, 0.717) is 24.0 Å². The van der Waals surface area contributed by atoms with Crippen molar-refractivity contribution in [2.24, 2.45) is 5.92 Å². The highest BCUT2D eigenvalue weighted by Gasteiger charge is 2.09. The normalized spacial score (nSPS) is 12.6. The van der Waals surface area contributed by atoms with Crippen LogP contribution in [0.1, 0.15) is 38.9 Å². The molecule has 3 heteroatoms. The number of rotatable bonds is 6. The minimum absolute atomic E-state index is 0.492. The molecule has 96 valence electrons. The SMILES string of the molecule is COc1ccc([C@@H](C)O)cc1OCCC(C)C. The third kappa shape index (κ3) is 4.27. The fourth-order valence-electron chi connectivity index (χ4n) is 1.47. The van der Waals surface area contributed by atoms with Gasteiger partial charge >= 0.3 is 0 Å². The van der Waals surface area contributed by atoms with Gasteiger partial charge in [0.15, 0.2) is 11.5 Å². The summed E-state index contributed by atoms with van der Waals surface area (Å²) in [6, 6.07) is 5.51. The Kier molecular flexibility index (Phi) is 5.29. The Balaban J connectivity index is 2.75. The van der Waals surface area contributed by atoms with Gasteiger partial charge in [0.1, 0.15) is 0 Å². The average Bonchev–Trinajstić information content (AvgIpc) is 2.28. The fraction of sp³-hybridized carbons (Fsp3) is 0.571. The Morgan fingerprint density at radius 3 is 2.41 bits per heavy atom. The van der Waals surface area contributed by atoms with Crippen molar-refractivity contribution in [3.8, 4) is 11.5 Å². The molecule has 0 amide bonds. The molecule has 0 fully saturated rings. The van der Waals surface area contributed by atoms with Crippen molar-refractivity contribution in [1.29, 1.82) is 0 Å². The van der Waals surface area contributed by atoms with E-state index >= 15 is 0 Å². The lowest BCUT2D eigenvalue weighted by atomic mass is 10.1. The second-order valence-electron chi connectivity index (χ2n) is 4.62. The summed E-state index contributed by atoms with van der Waals surface area (Å²) >= 11 is 0. The van der Waals surface area contributed by atoms with E-state index in [2.05, 4.69) is 13.8 Å². The van der Waals surface area contributed by atoms with Gasteiger partial charge in [-0.1, -0.05) is 19.9 Å². The van der Waals surface area contributed by atoms with Gasteiger partial charge in [0.2, 0.25) is 0 Å². The first-order valence-corrected chi connectivity index (χ1v) is 6.03. The molecule has 3 nitrogen and oxygen atoms in total. The van der Waals surface area contributed by atoms with Gasteiger partial charge in [0, 0.05) is 0 Å². The average molecular weight is 238 g/mol. The highest BCUT2D eigenvalue weighted by Crippen LogP contribution is 2.30. The summed E-state index contributed by atoms with van der Waals surface area (Å²) in [5.74, 6) is 2.02. The van der Waals surface area contributed by atoms with Gasteiger partial charge in [-0.15, -0.1) is 0 Å². The Morgan fingerprint density at radius 2 is 1.88 bits per heavy atom. The molecular weight excluding hydrogens is 216 g/mol. The molecule has 0 unspecified atom stereocenters. The van der Waals surface area contributed by atoms with E-state index in [1.54, 1.807) is 14.0 Å². The first-order valence-electron chi connectivity index (χ1n) is 6.03. The van der Waals surface area contributed by atoms with Gasteiger partial charge in [-0.3, -0.25) is 0 Å². The van der Waals surface area contributed by atoms with Gasteiger partial charge in [-0.05, 0) is 37.0 Å². The van der Waals surface area contributed by atoms with Crippen LogP contribution in [-0.4, -0.2) is 18.8 Å². The van der Waals surface area contributed by atoms with E-state index < -0.39 is 6.10 Å². The van der Waals surface area contributed by atoms with Crippen LogP contribution in [0.3, 0.4) is 0 Å². The van der Waals surface area contributed by atoms with Gasteiger partial charge in [-0.25, -0.2) is 0 Å². The lowest BCUT2D eigenvalue weighted by molar-refractivity contribution is 0.198. The predicted octanol–water partition coefficient (Wildman–Crippen LogP) is 3.17. The third-order valence-electron chi connectivity index (χ3n) is 2.62. The molecule has 1 aromatic rings. The van der Waals surface area contributed by atoms with Crippen LogP contribution in [0.4, 0.5) is 0 Å². The molecule has 1 atom stereocenters. The standard InChI is InChI=1S/C14H22O3/c1-10(2)7-8-17-14-9-12(11(3)15)5-6-13(14)16-4/h5-6,9-11,15H,7-8H2,1-4H3/t11-/m1/s1. The first-order chi connectivity index (χ1) is 8.04. The summed E-state index contributed by atoms with van der Waals surface area (Å²) < 4.78 is 10.9. The van der Waals surface area contributed by atoms with Crippen LogP contribution in [0, 0.1) is 5.92 Å². The van der Waals surface area contributed by atoms with E-state index in [4.69, 9.17) is 9.47 Å². The maximum Gasteiger partial charge on any atom is 0.161 e. The minimum Gasteiger partial charge on any atom is -0.493 e. The van der Waals surface area contributed by atoms with Crippen molar-refractivity contribution in [1.82, 2.24) is 0 Å². The van der Waals surface area contributed by atoms with Crippen molar-refractivity contribution < 1.29 is 14.6 Å². The molecule has 0 aromatic heterocycles. The van der Waals surface area contributed by atoms with Gasteiger partial charge in [0.25, 0.3) is 0 Å². The molecule has 0 spiro atoms. The Labute approximate surface area is 103 Å². The zero-order valence-electron chi connectivity index (χ0n) is 11.1. The fourth-order valence-corrected chi connectivity index (χ4v) is 1.47. The molecule has 0 heterocycles. The monoisotopic (exact) mass is 238 g/mol. The quantitative estimate of drug-likeness (QED) is 0.827. The van der Waals surface area contributed by atoms with Crippen LogP contribution in [0.5, 0.6) is 11.5 Å². The summed E-state index contributed by atoms with van der Waals surface area (Å²) in [5, 5.41) is 9.53. The second-order valence-corrected chi connectivity index (χ2v) is 4.62. The second kappa shape index (κ2) is 6.50. The number of benzene rings is 1. The third-order valence-corrected chi connectivity index (χ3v) is 2.62. The van der Waals surface area contributed by atoms with E-state index in [1.807, 2.05) is 18.2 Å². The molecule has 0 aliphatic carbocycles. The van der Waals surface area contributed by atoms with Crippen LogP contribution < -0.4 is 9.47 Å². The summed E-state index contributed by atoms with van der Waals surface area (Å²) in [6.07, 6.45) is 0.510. The van der Waals surface area contributed by atoms with Crippen molar-refractivity contribution in [3.63, 3.8) is 0 Å². The summed E-state index contributed by atoms with van der Waals surface area (Å²) in [7, 11) is 1.62. The minimum atomic E-state index is -0.492. The topological polar surface area (TPSA) is 38.7 Å². The zero-order valence-corrected chi connectivity index (χ0v) is 11.1. The number of aliphatic hydroxyl groups is 1. The maximum absolute atomic E-state index is 9.53. The molecule has 0 saturated carbocycles. The van der Waals surface area contributed by atoms with Crippen molar-refractivity contribution in [2.45, 2.75) is 33.3 Å². The molecule has 0 radical (unpaired) electrons. The van der Waals surface area contributed by atoms with Crippen molar-refractivity contribution >= 4 is 0 Å². The van der Waals surface area contributed by atoms with E-state index in [1.165, 1.54) is 0 Å². The van der Waals surface area contributed by atoms with Crippen LogP contribution in [0.25, 0.3) is 0 Å². The van der Waals surface area contributed by atoms with Crippen LogP contribution >= 0.6 is 0 Å². The molecule has 1 N–H and O–H groups in total. The van der Waals surface area contributed by atoms with E-state index in [9.17, 15) is 5.11 Å². The summed E-state index contributed by atoms with van der Waals surface area (Å²) in [6.45, 7) is 6.72. The number of hydrogen-bond donors (Lipinski definition) is 1. The molecule has 1 aromatic carbocycles. The van der Waals surface area contributed by atoms with Gasteiger partial charge in [-0.2, -0.15) is 0 Å². The lowest BCUT2D eigenvalue weighted by Gasteiger charge is -2.14. The number of ether oxygens (including phenoxy) is 2. The zero-order chi connectivity index (χ0) is 12.8. The largest absolute Gasteiger partial charge is 0.493 e. The van der Waals surface area contributed by atoms with E-state index in [-0.39, 0.29) is 0 Å². The van der Waals surface area contributed by atoms with Crippen LogP contribution in [0.15, 0.2) is 18.2 Å². The number of methoxy groups -OCH3 is 1. The maximum atomic E-state index is 9.53. The molecule has 1 rings (SSSR count). The van der Waals surface area contributed by atoms with Gasteiger partial charge < -0.3 is 14.6 Å². The molecular formula is C14H22O3. The Hall–Kier alpha value is -1.22. The smallest absolute Gasteiger partial charge is 0.161 e. The Bertz CT molecular complexity index is 345. The van der Waals surface area contributed by atoms with Crippen molar-refractivity contribution in [2.75, 3.05) is 13.7 Å². The van der Waals surface area contributed by atoms with Crippen LogP contribution in [-0.2, 0) is 0 Å². The van der Waals surface area contributed by atoms with Gasteiger partial charge in [0.05, 0.1) is 19.8 Å². The molecule has 0 bridgehead atoms. The molecule has 0 aliphatic rings. The molecule has 0 aliphatic heterocycles. The number of hydrogen-bond acceptors (Lipinski definition) is 3. The lowest BCUT2D eigenvalue weighted by Crippen LogP contribution is -2.03. The number of aliphatic hydroxyl groups excluding tert-OH is 1. The predicted molar refractivity (Wildman–Crippen MR) is 68.6 cm³/mol. The Morgan fingerprint density at radius 1 is 1.18 bits per heavy atom. The highest BCUT2D eigenvalue weighted by molar-refractivity contribution is 5.43. The van der Waals surface area contributed by atoms with E-state index in [0.717, 1.165) is 12.0 Å². The van der Waals surface area contributed by atoms with Crippen LogP contribution in [0.2, 0.25) is 0 Å². The van der Waals surface area contributed by atoms with Crippen molar-refractivity contribution in [3.05, 3.63) is 23.8 Å². The summed E-state index contributed by atoms with van der Waals surface area (Å²) in [5.41, 5.74) is 0.838. The summed E-state index contributed by atoms with van der Waals surface area (Å²) in [4.78, 5) is 0. The molecule has 0 saturated heterocycles. The molecule has 17 heavy (non-hydrogen) atoms. The first kappa shape index (κ1) is 13.8. The highest BCUT2D eigenvalue weighted by atomic mass is 16.5.